The zero-order valence-electron chi connectivity index (χ0n) is 13.3. The number of amides is 1. The van der Waals surface area contributed by atoms with Crippen molar-refractivity contribution in [2.75, 3.05) is 13.2 Å². The number of carbonyl (C=O) groups is 1. The van der Waals surface area contributed by atoms with Crippen LogP contribution < -0.4 is 0 Å². The number of aromatic nitrogens is 3. The number of hydrogen-bond acceptors (Lipinski definition) is 4. The van der Waals surface area contributed by atoms with E-state index in [0.29, 0.717) is 18.8 Å². The SMILES string of the molecule is C[C@@H]1CN(C(=O)/C=C\c2cnn(-c3ccccc3)n2)[C@H](C)CO1. The minimum Gasteiger partial charge on any atom is -0.375 e. The maximum Gasteiger partial charge on any atom is 0.247 e. The maximum absolute atomic E-state index is 12.3. The van der Waals surface area contributed by atoms with Crippen LogP contribution >= 0.6 is 0 Å². The van der Waals surface area contributed by atoms with Crippen LogP contribution in [0.1, 0.15) is 19.5 Å². The Morgan fingerprint density at radius 2 is 2.09 bits per heavy atom. The van der Waals surface area contributed by atoms with Crippen molar-refractivity contribution < 1.29 is 9.53 Å². The van der Waals surface area contributed by atoms with Gasteiger partial charge in [-0.25, -0.2) is 0 Å². The third kappa shape index (κ3) is 3.65. The number of hydrogen-bond donors (Lipinski definition) is 0. The first kappa shape index (κ1) is 15.4. The molecule has 0 unspecified atom stereocenters. The third-order valence-corrected chi connectivity index (χ3v) is 3.78. The summed E-state index contributed by atoms with van der Waals surface area (Å²) in [6.45, 7) is 5.15. The Kier molecular flexibility index (Phi) is 4.52. The van der Waals surface area contributed by atoms with E-state index in [2.05, 4.69) is 10.2 Å². The van der Waals surface area contributed by atoms with Gasteiger partial charge in [0.15, 0.2) is 0 Å². The van der Waals surface area contributed by atoms with Crippen LogP contribution in [-0.4, -0.2) is 51.1 Å². The summed E-state index contributed by atoms with van der Waals surface area (Å²) >= 11 is 0. The summed E-state index contributed by atoms with van der Waals surface area (Å²) in [4.78, 5) is 15.7. The molecule has 1 fully saturated rings. The van der Waals surface area contributed by atoms with E-state index in [1.54, 1.807) is 23.1 Å². The Labute approximate surface area is 135 Å². The first-order valence-electron chi connectivity index (χ1n) is 7.71. The molecule has 2 atom stereocenters. The number of ether oxygens (including phenoxy) is 1. The quantitative estimate of drug-likeness (QED) is 0.812. The molecule has 0 saturated carbocycles. The fraction of sp³-hybridized carbons (Fsp3) is 0.353. The number of rotatable bonds is 3. The Bertz CT molecular complexity index is 696. The molecule has 1 aliphatic heterocycles. The molecule has 0 radical (unpaired) electrons. The van der Waals surface area contributed by atoms with Gasteiger partial charge in [0.1, 0.15) is 5.69 Å². The van der Waals surface area contributed by atoms with Gasteiger partial charge in [0, 0.05) is 12.6 Å². The van der Waals surface area contributed by atoms with E-state index >= 15 is 0 Å². The minimum absolute atomic E-state index is 0.0260. The average Bonchev–Trinajstić information content (AvgIpc) is 3.05. The van der Waals surface area contributed by atoms with Gasteiger partial charge in [-0.05, 0) is 32.1 Å². The molecule has 1 amide bonds. The minimum atomic E-state index is -0.0260. The van der Waals surface area contributed by atoms with Crippen molar-refractivity contribution >= 4 is 12.0 Å². The zero-order chi connectivity index (χ0) is 16.2. The van der Waals surface area contributed by atoms with Gasteiger partial charge < -0.3 is 9.64 Å². The van der Waals surface area contributed by atoms with Gasteiger partial charge >= 0.3 is 0 Å². The summed E-state index contributed by atoms with van der Waals surface area (Å²) in [5.74, 6) is -0.0260. The lowest BCUT2D eigenvalue weighted by Gasteiger charge is -2.36. The van der Waals surface area contributed by atoms with Crippen LogP contribution in [-0.2, 0) is 9.53 Å². The van der Waals surface area contributed by atoms with E-state index in [9.17, 15) is 4.79 Å². The second-order valence-corrected chi connectivity index (χ2v) is 5.71. The molecule has 0 N–H and O–H groups in total. The van der Waals surface area contributed by atoms with Crippen LogP contribution in [0.25, 0.3) is 11.8 Å². The molecule has 2 heterocycles. The van der Waals surface area contributed by atoms with E-state index < -0.39 is 0 Å². The molecule has 1 aromatic carbocycles. The highest BCUT2D eigenvalue weighted by Crippen LogP contribution is 2.12. The molecule has 120 valence electrons. The largest absolute Gasteiger partial charge is 0.375 e. The number of morpholine rings is 1. The van der Waals surface area contributed by atoms with E-state index in [-0.39, 0.29) is 18.1 Å². The summed E-state index contributed by atoms with van der Waals surface area (Å²) in [7, 11) is 0. The van der Waals surface area contributed by atoms with Crippen molar-refractivity contribution in [3.05, 3.63) is 48.3 Å². The standard InChI is InChI=1S/C17H20N4O2/c1-13-12-23-14(2)11-20(13)17(22)9-8-15-10-18-21(19-15)16-6-4-3-5-7-16/h3-10,13-14H,11-12H2,1-2H3/b9-8-/t13-,14-/m1/s1. The molecule has 1 aliphatic rings. The zero-order valence-corrected chi connectivity index (χ0v) is 13.3. The molecule has 0 bridgehead atoms. The number of para-hydroxylation sites is 1. The van der Waals surface area contributed by atoms with Crippen LogP contribution in [0.15, 0.2) is 42.6 Å². The first-order valence-corrected chi connectivity index (χ1v) is 7.71. The highest BCUT2D eigenvalue weighted by molar-refractivity contribution is 5.91. The van der Waals surface area contributed by atoms with Crippen LogP contribution in [0, 0.1) is 0 Å². The van der Waals surface area contributed by atoms with Crippen molar-refractivity contribution in [1.82, 2.24) is 19.9 Å². The summed E-state index contributed by atoms with van der Waals surface area (Å²) in [6.07, 6.45) is 4.96. The summed E-state index contributed by atoms with van der Waals surface area (Å²) in [5, 5.41) is 8.57. The Morgan fingerprint density at radius 3 is 2.87 bits per heavy atom. The lowest BCUT2D eigenvalue weighted by Crippen LogP contribution is -2.49. The summed E-state index contributed by atoms with van der Waals surface area (Å²) in [5.41, 5.74) is 1.53. The predicted octanol–water partition coefficient (Wildman–Crippen LogP) is 1.92. The fourth-order valence-electron chi connectivity index (χ4n) is 2.50. The van der Waals surface area contributed by atoms with Gasteiger partial charge in [-0.1, -0.05) is 18.2 Å². The van der Waals surface area contributed by atoms with Gasteiger partial charge in [-0.15, -0.1) is 5.10 Å². The molecule has 23 heavy (non-hydrogen) atoms. The molecular formula is C17H20N4O2. The van der Waals surface area contributed by atoms with Crippen molar-refractivity contribution in [3.63, 3.8) is 0 Å². The Morgan fingerprint density at radius 1 is 1.30 bits per heavy atom. The van der Waals surface area contributed by atoms with Gasteiger partial charge in [0.25, 0.3) is 0 Å². The fourth-order valence-corrected chi connectivity index (χ4v) is 2.50. The van der Waals surface area contributed by atoms with E-state index in [1.807, 2.05) is 49.1 Å². The number of carbonyl (C=O) groups excluding carboxylic acids is 1. The van der Waals surface area contributed by atoms with Gasteiger partial charge in [-0.3, -0.25) is 4.79 Å². The van der Waals surface area contributed by atoms with Gasteiger partial charge in [-0.2, -0.15) is 9.90 Å². The molecule has 6 nitrogen and oxygen atoms in total. The molecule has 6 heteroatoms. The topological polar surface area (TPSA) is 60.2 Å². The molecule has 1 saturated heterocycles. The molecular weight excluding hydrogens is 292 g/mol. The smallest absolute Gasteiger partial charge is 0.247 e. The predicted molar refractivity (Wildman–Crippen MR) is 87.0 cm³/mol. The molecule has 0 aliphatic carbocycles. The first-order chi connectivity index (χ1) is 11.1. The van der Waals surface area contributed by atoms with Crippen LogP contribution in [0.3, 0.4) is 0 Å². The number of nitrogens with zero attached hydrogens (tertiary/aromatic N) is 4. The molecule has 2 aromatic rings. The van der Waals surface area contributed by atoms with E-state index in [0.717, 1.165) is 5.69 Å². The highest BCUT2D eigenvalue weighted by Gasteiger charge is 2.25. The van der Waals surface area contributed by atoms with Crippen LogP contribution in [0.5, 0.6) is 0 Å². The third-order valence-electron chi connectivity index (χ3n) is 3.78. The van der Waals surface area contributed by atoms with Crippen LogP contribution in [0.2, 0.25) is 0 Å². The molecule has 3 rings (SSSR count). The van der Waals surface area contributed by atoms with E-state index in [1.165, 1.54) is 0 Å². The second kappa shape index (κ2) is 6.75. The van der Waals surface area contributed by atoms with Gasteiger partial charge in [0.2, 0.25) is 5.91 Å². The summed E-state index contributed by atoms with van der Waals surface area (Å²) in [6, 6.07) is 9.74. The highest BCUT2D eigenvalue weighted by atomic mass is 16.5. The van der Waals surface area contributed by atoms with Crippen molar-refractivity contribution in [2.45, 2.75) is 26.0 Å². The lowest BCUT2D eigenvalue weighted by molar-refractivity contribution is -0.137. The summed E-state index contributed by atoms with van der Waals surface area (Å²) < 4.78 is 5.54. The monoisotopic (exact) mass is 312 g/mol. The lowest BCUT2D eigenvalue weighted by atomic mass is 10.2. The van der Waals surface area contributed by atoms with Gasteiger partial charge in [0.05, 0.1) is 30.6 Å². The van der Waals surface area contributed by atoms with Crippen molar-refractivity contribution in [1.29, 1.82) is 0 Å². The second-order valence-electron chi connectivity index (χ2n) is 5.71. The Hall–Kier alpha value is -2.47. The van der Waals surface area contributed by atoms with Crippen molar-refractivity contribution in [2.24, 2.45) is 0 Å². The molecule has 1 aromatic heterocycles. The Balaban J connectivity index is 1.68. The number of benzene rings is 1. The maximum atomic E-state index is 12.3. The van der Waals surface area contributed by atoms with Crippen molar-refractivity contribution in [3.8, 4) is 5.69 Å². The average molecular weight is 312 g/mol. The van der Waals surface area contributed by atoms with E-state index in [4.69, 9.17) is 4.74 Å². The van der Waals surface area contributed by atoms with Crippen LogP contribution in [0.4, 0.5) is 0 Å². The normalized spacial score (nSPS) is 21.7. The molecule has 0 spiro atoms.